The summed E-state index contributed by atoms with van der Waals surface area (Å²) in [5.41, 5.74) is -0.497. The first-order chi connectivity index (χ1) is 11.0. The Balaban J connectivity index is 2.01. The Morgan fingerprint density at radius 2 is 2.26 bits per heavy atom. The Morgan fingerprint density at radius 3 is 2.87 bits per heavy atom. The molecule has 2 rings (SSSR count). The van der Waals surface area contributed by atoms with Crippen LogP contribution in [0.3, 0.4) is 0 Å². The fourth-order valence-corrected chi connectivity index (χ4v) is 1.83. The van der Waals surface area contributed by atoms with Crippen molar-refractivity contribution in [1.29, 1.82) is 0 Å². The molecule has 9 heteroatoms. The highest BCUT2D eigenvalue weighted by atomic mass is 19.1. The number of ether oxygens (including phenoxy) is 1. The van der Waals surface area contributed by atoms with Crippen molar-refractivity contribution in [3.05, 3.63) is 52.2 Å². The van der Waals surface area contributed by atoms with Gasteiger partial charge in [-0.15, -0.1) is 0 Å². The number of nitrogens with zero attached hydrogens (tertiary/aromatic N) is 1. The predicted molar refractivity (Wildman–Crippen MR) is 78.7 cm³/mol. The zero-order chi connectivity index (χ0) is 16.8. The zero-order valence-electron chi connectivity index (χ0n) is 12.2. The van der Waals surface area contributed by atoms with E-state index in [0.29, 0.717) is 5.76 Å². The quantitative estimate of drug-likeness (QED) is 0.596. The molecule has 0 aliphatic rings. The summed E-state index contributed by atoms with van der Waals surface area (Å²) in [5, 5.41) is 16.1. The minimum absolute atomic E-state index is 0.0126. The van der Waals surface area contributed by atoms with E-state index in [2.05, 4.69) is 10.6 Å². The minimum atomic E-state index is -0.855. The second-order valence-corrected chi connectivity index (χ2v) is 4.47. The van der Waals surface area contributed by atoms with Crippen LogP contribution in [0, 0.1) is 15.9 Å². The Labute approximate surface area is 130 Å². The number of amides is 1. The third kappa shape index (κ3) is 4.19. The number of nitro groups is 1. The van der Waals surface area contributed by atoms with Crippen LogP contribution in [0.5, 0.6) is 5.75 Å². The zero-order valence-corrected chi connectivity index (χ0v) is 12.2. The van der Waals surface area contributed by atoms with Gasteiger partial charge in [-0.05, 0) is 12.1 Å². The average Bonchev–Trinajstić information content (AvgIpc) is 3.04. The number of anilines is 1. The molecule has 8 nitrogen and oxygen atoms in total. The first kappa shape index (κ1) is 16.3. The van der Waals surface area contributed by atoms with Gasteiger partial charge in [0.2, 0.25) is 5.91 Å². The molecule has 0 radical (unpaired) electrons. The van der Waals surface area contributed by atoms with Crippen molar-refractivity contribution >= 4 is 17.3 Å². The van der Waals surface area contributed by atoms with Crippen molar-refractivity contribution < 1.29 is 23.3 Å². The number of nitro benzene ring substituents is 1. The predicted octanol–water partition coefficient (Wildman–Crippen LogP) is 2.06. The van der Waals surface area contributed by atoms with Crippen LogP contribution in [0.25, 0.3) is 0 Å². The number of halogens is 1. The smallest absolute Gasteiger partial charge is 0.295 e. The van der Waals surface area contributed by atoms with Crippen molar-refractivity contribution in [2.45, 2.75) is 6.54 Å². The number of carbonyl (C=O) groups is 1. The van der Waals surface area contributed by atoms with Crippen LogP contribution < -0.4 is 15.4 Å². The summed E-state index contributed by atoms with van der Waals surface area (Å²) >= 11 is 0. The molecule has 2 N–H and O–H groups in total. The highest BCUT2D eigenvalue weighted by molar-refractivity contribution is 5.81. The van der Waals surface area contributed by atoms with Gasteiger partial charge in [-0.2, -0.15) is 0 Å². The van der Waals surface area contributed by atoms with Gasteiger partial charge in [-0.3, -0.25) is 14.9 Å². The molecule has 23 heavy (non-hydrogen) atoms. The van der Waals surface area contributed by atoms with E-state index in [1.807, 2.05) is 0 Å². The van der Waals surface area contributed by atoms with Crippen molar-refractivity contribution in [2.24, 2.45) is 0 Å². The molecule has 0 saturated heterocycles. The largest absolute Gasteiger partial charge is 0.494 e. The topological polar surface area (TPSA) is 107 Å². The summed E-state index contributed by atoms with van der Waals surface area (Å²) in [7, 11) is 1.24. The summed E-state index contributed by atoms with van der Waals surface area (Å²) in [6.45, 7) is -0.0291. The summed E-state index contributed by atoms with van der Waals surface area (Å²) < 4.78 is 23.4. The van der Waals surface area contributed by atoms with Gasteiger partial charge in [0.05, 0.1) is 37.5 Å². The first-order valence-corrected chi connectivity index (χ1v) is 6.56. The van der Waals surface area contributed by atoms with Crippen LogP contribution in [0.4, 0.5) is 15.8 Å². The maximum Gasteiger partial charge on any atom is 0.295 e. The molecule has 1 amide bonds. The Bertz CT molecular complexity index is 703. The number of carbonyl (C=O) groups excluding carboxylic acids is 1. The molecule has 0 aliphatic heterocycles. The monoisotopic (exact) mass is 323 g/mol. The lowest BCUT2D eigenvalue weighted by molar-refractivity contribution is -0.384. The summed E-state index contributed by atoms with van der Waals surface area (Å²) in [6, 6.07) is 5.26. The maximum atomic E-state index is 13.5. The lowest BCUT2D eigenvalue weighted by atomic mass is 10.2. The van der Waals surface area contributed by atoms with E-state index in [9.17, 15) is 19.3 Å². The normalized spacial score (nSPS) is 10.2. The van der Waals surface area contributed by atoms with Crippen LogP contribution >= 0.6 is 0 Å². The molecule has 0 spiro atoms. The van der Waals surface area contributed by atoms with Gasteiger partial charge >= 0.3 is 0 Å². The highest BCUT2D eigenvalue weighted by Crippen LogP contribution is 2.31. The van der Waals surface area contributed by atoms with E-state index in [-0.39, 0.29) is 24.5 Å². The third-order valence-electron chi connectivity index (χ3n) is 2.95. The van der Waals surface area contributed by atoms with Gasteiger partial charge in [-0.25, -0.2) is 4.39 Å². The minimum Gasteiger partial charge on any atom is -0.494 e. The molecule has 0 bridgehead atoms. The number of hydrogen-bond acceptors (Lipinski definition) is 6. The van der Waals surface area contributed by atoms with Crippen LogP contribution in [0.1, 0.15) is 5.76 Å². The van der Waals surface area contributed by atoms with E-state index >= 15 is 0 Å². The molecule has 122 valence electrons. The number of benzene rings is 1. The highest BCUT2D eigenvalue weighted by Gasteiger charge is 2.19. The van der Waals surface area contributed by atoms with Crippen molar-refractivity contribution in [3.63, 3.8) is 0 Å². The average molecular weight is 323 g/mol. The Kier molecular flexibility index (Phi) is 5.13. The number of nitrogens with one attached hydrogen (secondary N) is 2. The SMILES string of the molecule is COc1cc(NCC(=O)NCc2ccco2)c([N+](=O)[O-])cc1F. The molecule has 0 unspecified atom stereocenters. The summed E-state index contributed by atoms with van der Waals surface area (Å²) in [5.74, 6) is -0.840. The standard InChI is InChI=1S/C14H14FN3O5/c1-22-13-6-11(12(18(20)21)5-10(13)15)16-8-14(19)17-7-9-3-2-4-23-9/h2-6,16H,7-8H2,1H3,(H,17,19). The van der Waals surface area contributed by atoms with Crippen LogP contribution in [-0.4, -0.2) is 24.5 Å². The molecule has 1 aromatic carbocycles. The number of rotatable bonds is 7. The van der Waals surface area contributed by atoms with Crippen molar-refractivity contribution in [1.82, 2.24) is 5.32 Å². The molecule has 0 atom stereocenters. The lowest BCUT2D eigenvalue weighted by Gasteiger charge is -2.09. The van der Waals surface area contributed by atoms with Gasteiger partial charge < -0.3 is 19.8 Å². The second kappa shape index (κ2) is 7.25. The van der Waals surface area contributed by atoms with E-state index in [0.717, 1.165) is 12.1 Å². The van der Waals surface area contributed by atoms with Gasteiger partial charge in [0.25, 0.3) is 5.69 Å². The van der Waals surface area contributed by atoms with Crippen molar-refractivity contribution in [2.75, 3.05) is 19.0 Å². The van der Waals surface area contributed by atoms with Gasteiger partial charge in [0.15, 0.2) is 11.6 Å². The van der Waals surface area contributed by atoms with E-state index < -0.39 is 22.3 Å². The maximum absolute atomic E-state index is 13.5. The molecule has 0 saturated carbocycles. The summed E-state index contributed by atoms with van der Waals surface area (Å²) in [4.78, 5) is 21.9. The molecule has 1 heterocycles. The molecule has 2 aromatic rings. The van der Waals surface area contributed by atoms with Crippen molar-refractivity contribution in [3.8, 4) is 5.75 Å². The van der Waals surface area contributed by atoms with Crippen LogP contribution in [0.15, 0.2) is 34.9 Å². The number of methoxy groups -OCH3 is 1. The van der Waals surface area contributed by atoms with Gasteiger partial charge in [0, 0.05) is 6.07 Å². The van der Waals surface area contributed by atoms with E-state index in [1.54, 1.807) is 12.1 Å². The second-order valence-electron chi connectivity index (χ2n) is 4.47. The number of furan rings is 1. The number of hydrogen-bond donors (Lipinski definition) is 2. The molecular formula is C14H14FN3O5. The fourth-order valence-electron chi connectivity index (χ4n) is 1.83. The third-order valence-corrected chi connectivity index (χ3v) is 2.95. The van der Waals surface area contributed by atoms with E-state index in [1.165, 1.54) is 13.4 Å². The van der Waals surface area contributed by atoms with Crippen LogP contribution in [-0.2, 0) is 11.3 Å². The molecule has 0 aliphatic carbocycles. The van der Waals surface area contributed by atoms with E-state index in [4.69, 9.17) is 9.15 Å². The fraction of sp³-hybridized carbons (Fsp3) is 0.214. The van der Waals surface area contributed by atoms with Crippen LogP contribution in [0.2, 0.25) is 0 Å². The van der Waals surface area contributed by atoms with Gasteiger partial charge in [-0.1, -0.05) is 0 Å². The molecule has 1 aromatic heterocycles. The summed E-state index contributed by atoms with van der Waals surface area (Å²) in [6.07, 6.45) is 1.48. The molecular weight excluding hydrogens is 309 g/mol. The lowest BCUT2D eigenvalue weighted by Crippen LogP contribution is -2.29. The first-order valence-electron chi connectivity index (χ1n) is 6.56. The van der Waals surface area contributed by atoms with Gasteiger partial charge in [0.1, 0.15) is 11.4 Å². The molecule has 0 fully saturated rings. The Morgan fingerprint density at radius 1 is 1.48 bits per heavy atom. The Hall–Kier alpha value is -3.10.